The molecule has 0 spiro atoms. The molecule has 1 aliphatic rings. The number of carbonyl (C=O) groups excluding carboxylic acids is 1. The fourth-order valence-corrected chi connectivity index (χ4v) is 4.09. The third-order valence-electron chi connectivity index (χ3n) is 3.27. The number of nitrogens with zero attached hydrogens (tertiary/aromatic N) is 1. The lowest BCUT2D eigenvalue weighted by molar-refractivity contribution is -0.116. The fraction of sp³-hybridized carbons (Fsp3) is 0.429. The van der Waals surface area contributed by atoms with Crippen LogP contribution in [0.2, 0.25) is 0 Å². The number of anilines is 1. The standard InChI is InChI=1S/C14H17N3O2S2.ClH/c1-19-10-2-3-11-12(7-10)21-14(16-11)17-13(18)6-9-8-20-5-4-15-9;/h2-3,7,9,15H,4-6,8H2,1H3,(H,16,17,18);1H. The Morgan fingerprint density at radius 3 is 3.14 bits per heavy atom. The van der Waals surface area contributed by atoms with E-state index in [0.29, 0.717) is 11.6 Å². The van der Waals surface area contributed by atoms with Crippen molar-refractivity contribution in [3.05, 3.63) is 18.2 Å². The van der Waals surface area contributed by atoms with Crippen molar-refractivity contribution in [2.24, 2.45) is 0 Å². The van der Waals surface area contributed by atoms with Gasteiger partial charge in [0.25, 0.3) is 0 Å². The maximum absolute atomic E-state index is 12.1. The molecule has 1 aliphatic heterocycles. The summed E-state index contributed by atoms with van der Waals surface area (Å²) in [6, 6.07) is 5.97. The van der Waals surface area contributed by atoms with Crippen molar-refractivity contribution in [3.8, 4) is 5.75 Å². The average molecular weight is 360 g/mol. The molecule has 1 aromatic heterocycles. The number of benzene rings is 1. The first-order chi connectivity index (χ1) is 10.2. The van der Waals surface area contributed by atoms with Crippen LogP contribution in [-0.2, 0) is 4.79 Å². The number of rotatable bonds is 4. The van der Waals surface area contributed by atoms with Crippen LogP contribution in [0.25, 0.3) is 10.2 Å². The molecule has 1 amide bonds. The first kappa shape index (κ1) is 17.3. The van der Waals surface area contributed by atoms with Crippen molar-refractivity contribution in [1.82, 2.24) is 10.3 Å². The number of carbonyl (C=O) groups is 1. The number of nitrogens with one attached hydrogen (secondary N) is 2. The van der Waals surface area contributed by atoms with Gasteiger partial charge in [-0.2, -0.15) is 11.8 Å². The summed E-state index contributed by atoms with van der Waals surface area (Å²) < 4.78 is 6.20. The lowest BCUT2D eigenvalue weighted by atomic mass is 10.2. The van der Waals surface area contributed by atoms with Crippen LogP contribution in [0.15, 0.2) is 18.2 Å². The molecule has 0 saturated carbocycles. The molecule has 0 radical (unpaired) electrons. The summed E-state index contributed by atoms with van der Waals surface area (Å²) in [5.74, 6) is 2.93. The minimum atomic E-state index is 0. The zero-order chi connectivity index (χ0) is 14.7. The second-order valence-corrected chi connectivity index (χ2v) is 7.01. The molecule has 2 heterocycles. The number of fused-ring (bicyclic) bond motifs is 1. The molecule has 120 valence electrons. The first-order valence-corrected chi connectivity index (χ1v) is 8.77. The smallest absolute Gasteiger partial charge is 0.227 e. The van der Waals surface area contributed by atoms with Gasteiger partial charge in [0, 0.05) is 30.5 Å². The average Bonchev–Trinajstić information content (AvgIpc) is 2.89. The van der Waals surface area contributed by atoms with E-state index in [1.807, 2.05) is 30.0 Å². The topological polar surface area (TPSA) is 63.2 Å². The van der Waals surface area contributed by atoms with Crippen molar-refractivity contribution in [2.45, 2.75) is 12.5 Å². The van der Waals surface area contributed by atoms with Crippen LogP contribution >= 0.6 is 35.5 Å². The Bertz CT molecular complexity index is 644. The van der Waals surface area contributed by atoms with Gasteiger partial charge in [-0.25, -0.2) is 4.98 Å². The number of thiazole rings is 1. The van der Waals surface area contributed by atoms with Gasteiger partial charge in [-0.1, -0.05) is 11.3 Å². The summed E-state index contributed by atoms with van der Waals surface area (Å²) in [5.41, 5.74) is 0.877. The molecule has 1 unspecified atom stereocenters. The molecule has 1 aromatic carbocycles. The summed E-state index contributed by atoms with van der Waals surface area (Å²) in [5, 5.41) is 6.90. The Balaban J connectivity index is 0.00000176. The van der Waals surface area contributed by atoms with Gasteiger partial charge in [-0.15, -0.1) is 12.4 Å². The number of aromatic nitrogens is 1. The van der Waals surface area contributed by atoms with E-state index in [4.69, 9.17) is 4.74 Å². The Morgan fingerprint density at radius 2 is 2.41 bits per heavy atom. The Kier molecular flexibility index (Phi) is 6.31. The van der Waals surface area contributed by atoms with Crippen LogP contribution in [0, 0.1) is 0 Å². The molecule has 5 nitrogen and oxygen atoms in total. The lowest BCUT2D eigenvalue weighted by Crippen LogP contribution is -2.39. The van der Waals surface area contributed by atoms with E-state index >= 15 is 0 Å². The van der Waals surface area contributed by atoms with Gasteiger partial charge in [-0.05, 0) is 18.2 Å². The van der Waals surface area contributed by atoms with Gasteiger partial charge in [0.15, 0.2) is 5.13 Å². The van der Waals surface area contributed by atoms with E-state index in [2.05, 4.69) is 15.6 Å². The van der Waals surface area contributed by atoms with Crippen molar-refractivity contribution < 1.29 is 9.53 Å². The highest BCUT2D eigenvalue weighted by atomic mass is 35.5. The molecule has 1 fully saturated rings. The highest BCUT2D eigenvalue weighted by molar-refractivity contribution is 7.99. The Morgan fingerprint density at radius 1 is 1.55 bits per heavy atom. The second kappa shape index (κ2) is 8.01. The van der Waals surface area contributed by atoms with Crippen LogP contribution in [0.1, 0.15) is 6.42 Å². The largest absolute Gasteiger partial charge is 0.497 e. The highest BCUT2D eigenvalue weighted by Gasteiger charge is 2.17. The molecule has 1 saturated heterocycles. The van der Waals surface area contributed by atoms with Crippen LogP contribution in [0.4, 0.5) is 5.13 Å². The predicted octanol–water partition coefficient (Wildman–Crippen LogP) is 2.76. The minimum Gasteiger partial charge on any atom is -0.497 e. The van der Waals surface area contributed by atoms with Gasteiger partial charge in [0.2, 0.25) is 5.91 Å². The number of hydrogen-bond acceptors (Lipinski definition) is 6. The molecule has 2 N–H and O–H groups in total. The normalized spacial score (nSPS) is 17.8. The summed E-state index contributed by atoms with van der Waals surface area (Å²) in [7, 11) is 1.64. The quantitative estimate of drug-likeness (QED) is 0.878. The molecule has 0 bridgehead atoms. The number of halogens is 1. The van der Waals surface area contributed by atoms with Crippen molar-refractivity contribution in [1.29, 1.82) is 0 Å². The van der Waals surface area contributed by atoms with Gasteiger partial charge in [0.1, 0.15) is 5.75 Å². The van der Waals surface area contributed by atoms with Crippen molar-refractivity contribution in [2.75, 3.05) is 30.5 Å². The van der Waals surface area contributed by atoms with Gasteiger partial charge in [0.05, 0.1) is 17.3 Å². The molecule has 2 aromatic rings. The van der Waals surface area contributed by atoms with Gasteiger partial charge >= 0.3 is 0 Å². The number of ether oxygens (including phenoxy) is 1. The predicted molar refractivity (Wildman–Crippen MR) is 95.8 cm³/mol. The summed E-state index contributed by atoms with van der Waals surface area (Å²) >= 11 is 3.36. The monoisotopic (exact) mass is 359 g/mol. The zero-order valence-corrected chi connectivity index (χ0v) is 14.6. The third kappa shape index (κ3) is 4.25. The summed E-state index contributed by atoms with van der Waals surface area (Å²) in [6.07, 6.45) is 0.492. The maximum Gasteiger partial charge on any atom is 0.227 e. The number of thioether (sulfide) groups is 1. The second-order valence-electron chi connectivity index (χ2n) is 4.83. The number of hydrogen-bond donors (Lipinski definition) is 2. The van der Waals surface area contributed by atoms with Crippen LogP contribution in [-0.4, -0.2) is 42.1 Å². The number of amides is 1. The van der Waals surface area contributed by atoms with E-state index in [9.17, 15) is 4.79 Å². The lowest BCUT2D eigenvalue weighted by Gasteiger charge is -2.22. The molecule has 3 rings (SSSR count). The van der Waals surface area contributed by atoms with E-state index < -0.39 is 0 Å². The van der Waals surface area contributed by atoms with Crippen LogP contribution in [0.3, 0.4) is 0 Å². The fourth-order valence-electron chi connectivity index (χ4n) is 2.23. The third-order valence-corrected chi connectivity index (χ3v) is 5.34. The maximum atomic E-state index is 12.1. The van der Waals surface area contributed by atoms with Crippen molar-refractivity contribution >= 4 is 56.8 Å². The van der Waals surface area contributed by atoms with Crippen LogP contribution < -0.4 is 15.4 Å². The molecule has 22 heavy (non-hydrogen) atoms. The summed E-state index contributed by atoms with van der Waals surface area (Å²) in [6.45, 7) is 0.976. The first-order valence-electron chi connectivity index (χ1n) is 6.80. The Hall–Kier alpha value is -1.02. The molecule has 1 atom stereocenters. The molecule has 0 aliphatic carbocycles. The molecular weight excluding hydrogens is 342 g/mol. The molecular formula is C14H18ClN3O2S2. The Labute approximate surface area is 143 Å². The van der Waals surface area contributed by atoms with E-state index in [1.54, 1.807) is 7.11 Å². The van der Waals surface area contributed by atoms with Gasteiger partial charge in [-0.3, -0.25) is 4.79 Å². The highest BCUT2D eigenvalue weighted by Crippen LogP contribution is 2.29. The minimum absolute atomic E-state index is 0. The van der Waals surface area contributed by atoms with Gasteiger partial charge < -0.3 is 15.4 Å². The van der Waals surface area contributed by atoms with E-state index in [0.717, 1.165) is 34.0 Å². The van der Waals surface area contributed by atoms with E-state index in [-0.39, 0.29) is 24.4 Å². The number of methoxy groups -OCH3 is 1. The molecule has 8 heteroatoms. The van der Waals surface area contributed by atoms with Crippen molar-refractivity contribution in [3.63, 3.8) is 0 Å². The SMILES string of the molecule is COc1ccc2nc(NC(=O)CC3CSCCN3)sc2c1.Cl. The van der Waals surface area contributed by atoms with E-state index in [1.165, 1.54) is 11.3 Å². The van der Waals surface area contributed by atoms with Crippen LogP contribution in [0.5, 0.6) is 5.75 Å². The zero-order valence-electron chi connectivity index (χ0n) is 12.1. The summed E-state index contributed by atoms with van der Waals surface area (Å²) in [4.78, 5) is 16.5.